The molecule has 3 rings (SSSR count). The largest absolute Gasteiger partial charge is 0.367 e. The fourth-order valence-corrected chi connectivity index (χ4v) is 4.90. The molecule has 1 saturated heterocycles. The van der Waals surface area contributed by atoms with E-state index in [-0.39, 0.29) is 23.7 Å². The number of hydrogen-bond acceptors (Lipinski definition) is 7. The Morgan fingerprint density at radius 1 is 1.08 bits per heavy atom. The van der Waals surface area contributed by atoms with Crippen molar-refractivity contribution < 1.29 is 12.9 Å². The summed E-state index contributed by atoms with van der Waals surface area (Å²) in [6.07, 6.45) is 0. The number of anilines is 1. The number of nitrogens with zero attached hydrogens (tertiary/aromatic N) is 5. The number of aromatic nitrogens is 1. The first kappa shape index (κ1) is 17.9. The third-order valence-corrected chi connectivity index (χ3v) is 6.54. The van der Waals surface area contributed by atoms with Gasteiger partial charge in [0.15, 0.2) is 5.76 Å². The van der Waals surface area contributed by atoms with Gasteiger partial charge < -0.3 is 9.42 Å². The average molecular weight is 371 g/mol. The predicted molar refractivity (Wildman–Crippen MR) is 92.8 cm³/mol. The van der Waals surface area contributed by atoms with Crippen LogP contribution in [0.3, 0.4) is 0 Å². The minimum absolute atomic E-state index is 0.112. The van der Waals surface area contributed by atoms with E-state index in [2.05, 4.69) is 17.3 Å². The molecule has 0 saturated carbocycles. The molecule has 8 nitrogen and oxygen atoms in total. The smallest absolute Gasteiger partial charge is 0.248 e. The van der Waals surface area contributed by atoms with Crippen molar-refractivity contribution in [1.29, 1.82) is 10.5 Å². The highest BCUT2D eigenvalue weighted by Crippen LogP contribution is 2.28. The molecule has 9 heteroatoms. The van der Waals surface area contributed by atoms with Gasteiger partial charge in [-0.05, 0) is 26.0 Å². The van der Waals surface area contributed by atoms with Crippen LogP contribution >= 0.6 is 0 Å². The number of sulfonamides is 1. The molecule has 0 spiro atoms. The van der Waals surface area contributed by atoms with Crippen molar-refractivity contribution in [1.82, 2.24) is 9.46 Å². The van der Waals surface area contributed by atoms with Crippen LogP contribution in [0.2, 0.25) is 0 Å². The highest BCUT2D eigenvalue weighted by molar-refractivity contribution is 7.89. The van der Waals surface area contributed by atoms with E-state index >= 15 is 0 Å². The van der Waals surface area contributed by atoms with Crippen molar-refractivity contribution in [3.05, 3.63) is 40.8 Å². The molecule has 26 heavy (non-hydrogen) atoms. The summed E-state index contributed by atoms with van der Waals surface area (Å²) in [5, 5.41) is 22.4. The molecule has 134 valence electrons. The van der Waals surface area contributed by atoms with Gasteiger partial charge in [-0.1, -0.05) is 11.2 Å². The summed E-state index contributed by atoms with van der Waals surface area (Å²) >= 11 is 0. The van der Waals surface area contributed by atoms with Crippen LogP contribution in [-0.4, -0.2) is 44.1 Å². The third-order valence-electron chi connectivity index (χ3n) is 4.40. The fourth-order valence-electron chi connectivity index (χ4n) is 3.19. The van der Waals surface area contributed by atoms with E-state index in [1.807, 2.05) is 4.90 Å². The van der Waals surface area contributed by atoms with Crippen LogP contribution in [0.5, 0.6) is 0 Å². The number of benzene rings is 1. The van der Waals surface area contributed by atoms with E-state index in [0.717, 1.165) is 0 Å². The molecular formula is C17H17N5O3S. The van der Waals surface area contributed by atoms with Crippen molar-refractivity contribution in [2.75, 3.05) is 31.1 Å². The zero-order valence-electron chi connectivity index (χ0n) is 14.4. The third kappa shape index (κ3) is 2.92. The maximum atomic E-state index is 12.9. The van der Waals surface area contributed by atoms with E-state index in [0.29, 0.717) is 35.6 Å². The Morgan fingerprint density at radius 3 is 2.12 bits per heavy atom. The maximum Gasteiger partial charge on any atom is 0.248 e. The Morgan fingerprint density at radius 2 is 1.65 bits per heavy atom. The molecule has 2 heterocycles. The molecule has 0 atom stereocenters. The highest BCUT2D eigenvalue weighted by Gasteiger charge is 2.34. The van der Waals surface area contributed by atoms with Gasteiger partial charge in [0.05, 0.1) is 16.8 Å². The topological polar surface area (TPSA) is 114 Å². The second-order valence-corrected chi connectivity index (χ2v) is 7.84. The number of piperazine rings is 1. The maximum absolute atomic E-state index is 12.9. The monoisotopic (exact) mass is 371 g/mol. The lowest BCUT2D eigenvalue weighted by Crippen LogP contribution is -2.49. The number of rotatable bonds is 3. The van der Waals surface area contributed by atoms with Gasteiger partial charge in [-0.15, -0.1) is 0 Å². The van der Waals surface area contributed by atoms with Gasteiger partial charge in [0.25, 0.3) is 0 Å². The minimum Gasteiger partial charge on any atom is -0.367 e. The summed E-state index contributed by atoms with van der Waals surface area (Å²) in [4.78, 5) is 2.00. The van der Waals surface area contributed by atoms with E-state index in [1.54, 1.807) is 32.0 Å². The van der Waals surface area contributed by atoms with Crippen molar-refractivity contribution in [2.45, 2.75) is 18.7 Å². The van der Waals surface area contributed by atoms with Gasteiger partial charge in [0, 0.05) is 26.2 Å². The first-order chi connectivity index (χ1) is 12.4. The van der Waals surface area contributed by atoms with Crippen LogP contribution in [0.1, 0.15) is 22.6 Å². The number of aryl methyl sites for hydroxylation is 2. The van der Waals surface area contributed by atoms with Crippen molar-refractivity contribution in [3.8, 4) is 12.1 Å². The predicted octanol–water partition coefficient (Wildman–Crippen LogP) is 1.55. The quantitative estimate of drug-likeness (QED) is 0.804. The molecule has 0 bridgehead atoms. The van der Waals surface area contributed by atoms with Crippen LogP contribution in [0.15, 0.2) is 27.6 Å². The summed E-state index contributed by atoms with van der Waals surface area (Å²) < 4.78 is 32.1. The van der Waals surface area contributed by atoms with Gasteiger partial charge in [0.1, 0.15) is 22.7 Å². The van der Waals surface area contributed by atoms with Crippen LogP contribution in [0.25, 0.3) is 0 Å². The summed E-state index contributed by atoms with van der Waals surface area (Å²) in [5.41, 5.74) is 1.72. The average Bonchev–Trinajstić information content (AvgIpc) is 3.00. The Balaban J connectivity index is 1.85. The molecule has 0 N–H and O–H groups in total. The minimum atomic E-state index is -3.70. The summed E-state index contributed by atoms with van der Waals surface area (Å²) in [6, 6.07) is 9.18. The van der Waals surface area contributed by atoms with Gasteiger partial charge in [-0.3, -0.25) is 0 Å². The number of hydrogen-bond donors (Lipinski definition) is 0. The Kier molecular flexibility index (Phi) is 4.68. The molecule has 2 aromatic rings. The van der Waals surface area contributed by atoms with E-state index < -0.39 is 10.0 Å². The van der Waals surface area contributed by atoms with E-state index in [4.69, 9.17) is 4.52 Å². The molecule has 1 aliphatic heterocycles. The zero-order valence-corrected chi connectivity index (χ0v) is 15.2. The number of nitriles is 2. The molecule has 1 aliphatic rings. The van der Waals surface area contributed by atoms with E-state index in [1.165, 1.54) is 4.31 Å². The molecule has 0 aliphatic carbocycles. The summed E-state index contributed by atoms with van der Waals surface area (Å²) in [7, 11) is -3.70. The van der Waals surface area contributed by atoms with Gasteiger partial charge in [-0.25, -0.2) is 8.42 Å². The molecule has 1 fully saturated rings. The van der Waals surface area contributed by atoms with Crippen LogP contribution in [0, 0.1) is 36.5 Å². The zero-order chi connectivity index (χ0) is 18.9. The molecule has 1 aromatic heterocycles. The van der Waals surface area contributed by atoms with Crippen molar-refractivity contribution in [3.63, 3.8) is 0 Å². The Labute approximate surface area is 151 Å². The molecular weight excluding hydrogens is 354 g/mol. The lowest BCUT2D eigenvalue weighted by Gasteiger charge is -2.36. The second-order valence-electron chi connectivity index (χ2n) is 5.97. The molecule has 0 unspecified atom stereocenters. The van der Waals surface area contributed by atoms with Crippen molar-refractivity contribution in [2.24, 2.45) is 0 Å². The van der Waals surface area contributed by atoms with E-state index in [9.17, 15) is 18.9 Å². The SMILES string of the molecule is Cc1noc(C)c1S(=O)(=O)N1CCN(c2c(C#N)cccc2C#N)CC1. The second kappa shape index (κ2) is 6.79. The lowest BCUT2D eigenvalue weighted by molar-refractivity contribution is 0.378. The molecule has 0 radical (unpaired) electrons. The van der Waals surface area contributed by atoms with Crippen LogP contribution in [0.4, 0.5) is 5.69 Å². The Bertz CT molecular complexity index is 970. The molecule has 1 aromatic carbocycles. The number of para-hydroxylation sites is 1. The Hall–Kier alpha value is -2.88. The summed E-state index contributed by atoms with van der Waals surface area (Å²) in [5.74, 6) is 0.270. The first-order valence-corrected chi connectivity index (χ1v) is 9.45. The van der Waals surface area contributed by atoms with Crippen LogP contribution < -0.4 is 4.90 Å². The summed E-state index contributed by atoms with van der Waals surface area (Å²) in [6.45, 7) is 4.44. The standard InChI is InChI=1S/C17H17N5O3S/c1-12-17(13(2)25-20-12)26(23,24)22-8-6-21(7-9-22)16-14(10-18)4-3-5-15(16)11-19/h3-5H,6-9H2,1-2H3. The van der Waals surface area contributed by atoms with Gasteiger partial charge in [0.2, 0.25) is 10.0 Å². The van der Waals surface area contributed by atoms with Crippen molar-refractivity contribution >= 4 is 15.7 Å². The van der Waals surface area contributed by atoms with Crippen LogP contribution in [-0.2, 0) is 10.0 Å². The molecule has 0 amide bonds. The first-order valence-electron chi connectivity index (χ1n) is 8.01. The van der Waals surface area contributed by atoms with Gasteiger partial charge in [-0.2, -0.15) is 14.8 Å². The normalized spacial score (nSPS) is 15.5. The van der Waals surface area contributed by atoms with Gasteiger partial charge >= 0.3 is 0 Å². The lowest BCUT2D eigenvalue weighted by atomic mass is 10.1. The highest BCUT2D eigenvalue weighted by atomic mass is 32.2. The fraction of sp³-hybridized carbons (Fsp3) is 0.353.